The Balaban J connectivity index is 2.08. The molecular weight excluding hydrogens is 256 g/mol. The van der Waals surface area contributed by atoms with Crippen molar-refractivity contribution < 1.29 is 4.74 Å². The van der Waals surface area contributed by atoms with Gasteiger partial charge in [-0.05, 0) is 38.1 Å². The lowest BCUT2D eigenvalue weighted by molar-refractivity contribution is 0.0842. The summed E-state index contributed by atoms with van der Waals surface area (Å²) in [5.41, 5.74) is 1.29. The number of nitrogens with zero attached hydrogens (tertiary/aromatic N) is 1. The van der Waals surface area contributed by atoms with Crippen molar-refractivity contribution in [1.82, 2.24) is 10.3 Å². The molecule has 0 aromatic carbocycles. The third-order valence-electron chi connectivity index (χ3n) is 3.54. The van der Waals surface area contributed by atoms with Gasteiger partial charge in [0.2, 0.25) is 0 Å². The third kappa shape index (κ3) is 4.01. The highest BCUT2D eigenvalue weighted by Gasteiger charge is 2.34. The maximum Gasteiger partial charge on any atom is 0.122 e. The number of hydrogen-bond donors (Lipinski definition) is 1. The van der Waals surface area contributed by atoms with E-state index in [1.54, 1.807) is 0 Å². The van der Waals surface area contributed by atoms with E-state index in [1.807, 2.05) is 18.4 Å². The topological polar surface area (TPSA) is 34.1 Å². The van der Waals surface area contributed by atoms with E-state index in [9.17, 15) is 0 Å². The van der Waals surface area contributed by atoms with E-state index in [0.29, 0.717) is 5.92 Å². The van der Waals surface area contributed by atoms with Gasteiger partial charge in [0.1, 0.15) is 11.1 Å². The summed E-state index contributed by atoms with van der Waals surface area (Å²) in [6.45, 7) is 6.46. The predicted octanol–water partition coefficient (Wildman–Crippen LogP) is 3.69. The minimum absolute atomic E-state index is 0.237. The van der Waals surface area contributed by atoms with Gasteiger partial charge in [-0.15, -0.1) is 11.3 Å². The van der Waals surface area contributed by atoms with E-state index >= 15 is 0 Å². The lowest BCUT2D eigenvalue weighted by Gasteiger charge is -2.10. The molecule has 19 heavy (non-hydrogen) atoms. The number of aryl methyl sites for hydroxylation is 1. The van der Waals surface area contributed by atoms with Crippen molar-refractivity contribution in [2.45, 2.75) is 58.6 Å². The normalized spacial score (nSPS) is 16.8. The monoisotopic (exact) mass is 282 g/mol. The second-order valence-corrected chi connectivity index (χ2v) is 6.46. The average molecular weight is 282 g/mol. The molecule has 0 radical (unpaired) electrons. The van der Waals surface area contributed by atoms with Crippen LogP contribution in [0.3, 0.4) is 0 Å². The molecule has 108 valence electrons. The van der Waals surface area contributed by atoms with Gasteiger partial charge in [0, 0.05) is 18.5 Å². The fourth-order valence-corrected chi connectivity index (χ4v) is 3.62. The van der Waals surface area contributed by atoms with E-state index in [-0.39, 0.29) is 6.10 Å². The molecule has 1 aromatic heterocycles. The smallest absolute Gasteiger partial charge is 0.122 e. The molecule has 0 aliphatic heterocycles. The van der Waals surface area contributed by atoms with Gasteiger partial charge in [-0.25, -0.2) is 4.98 Å². The van der Waals surface area contributed by atoms with Crippen molar-refractivity contribution in [3.8, 4) is 0 Å². The summed E-state index contributed by atoms with van der Waals surface area (Å²) in [5, 5.41) is 4.69. The second kappa shape index (κ2) is 7.36. The maximum atomic E-state index is 5.66. The number of aromatic nitrogens is 1. The van der Waals surface area contributed by atoms with Crippen molar-refractivity contribution in [2.75, 3.05) is 13.7 Å². The van der Waals surface area contributed by atoms with Crippen molar-refractivity contribution in [2.24, 2.45) is 5.92 Å². The van der Waals surface area contributed by atoms with E-state index in [0.717, 1.165) is 25.9 Å². The molecule has 1 atom stereocenters. The fraction of sp³-hybridized carbons (Fsp3) is 0.800. The number of hydrogen-bond acceptors (Lipinski definition) is 4. The zero-order chi connectivity index (χ0) is 13.7. The summed E-state index contributed by atoms with van der Waals surface area (Å²) in [5.74, 6) is 0.710. The Kier molecular flexibility index (Phi) is 5.79. The summed E-state index contributed by atoms with van der Waals surface area (Å²) >= 11 is 1.85. The molecule has 1 heterocycles. The molecule has 0 amide bonds. The second-order valence-electron chi connectivity index (χ2n) is 5.34. The van der Waals surface area contributed by atoms with Crippen LogP contribution in [0.5, 0.6) is 0 Å². The van der Waals surface area contributed by atoms with E-state index in [4.69, 9.17) is 9.72 Å². The Hall–Kier alpha value is -0.450. The van der Waals surface area contributed by atoms with E-state index in [1.165, 1.54) is 34.8 Å². The highest BCUT2D eigenvalue weighted by Crippen LogP contribution is 2.44. The van der Waals surface area contributed by atoms with Gasteiger partial charge < -0.3 is 10.1 Å². The Morgan fingerprint density at radius 2 is 2.16 bits per heavy atom. The molecule has 0 bridgehead atoms. The van der Waals surface area contributed by atoms with Crippen LogP contribution in [0, 0.1) is 5.92 Å². The third-order valence-corrected chi connectivity index (χ3v) is 4.70. The van der Waals surface area contributed by atoms with Crippen LogP contribution in [-0.4, -0.2) is 18.6 Å². The highest BCUT2D eigenvalue weighted by atomic mass is 32.1. The number of nitrogens with one attached hydrogen (secondary N) is 1. The SMILES string of the molecule is CCCNCc1sc(C(OC)C2CC2)nc1CCC. The molecule has 4 heteroatoms. The molecule has 1 N–H and O–H groups in total. The first kappa shape index (κ1) is 14.9. The molecule has 2 rings (SSSR count). The first-order valence-corrected chi connectivity index (χ1v) is 8.33. The lowest BCUT2D eigenvalue weighted by Crippen LogP contribution is -2.13. The minimum atomic E-state index is 0.237. The summed E-state index contributed by atoms with van der Waals surface area (Å²) in [4.78, 5) is 6.27. The highest BCUT2D eigenvalue weighted by molar-refractivity contribution is 7.11. The van der Waals surface area contributed by atoms with Crippen LogP contribution in [-0.2, 0) is 17.7 Å². The van der Waals surface area contributed by atoms with Crippen molar-refractivity contribution in [3.05, 3.63) is 15.6 Å². The first-order chi connectivity index (χ1) is 9.30. The number of thiazole rings is 1. The minimum Gasteiger partial charge on any atom is -0.374 e. The Morgan fingerprint density at radius 3 is 2.74 bits per heavy atom. The first-order valence-electron chi connectivity index (χ1n) is 7.52. The molecule has 3 nitrogen and oxygen atoms in total. The van der Waals surface area contributed by atoms with E-state index < -0.39 is 0 Å². The maximum absolute atomic E-state index is 5.66. The lowest BCUT2D eigenvalue weighted by atomic mass is 10.2. The summed E-state index contributed by atoms with van der Waals surface area (Å²) in [6.07, 6.45) is 6.25. The van der Waals surface area contributed by atoms with Crippen LogP contribution in [0.1, 0.15) is 61.2 Å². The van der Waals surface area contributed by atoms with Gasteiger partial charge in [0.25, 0.3) is 0 Å². The van der Waals surface area contributed by atoms with Crippen molar-refractivity contribution in [3.63, 3.8) is 0 Å². The molecule has 1 aliphatic carbocycles. The van der Waals surface area contributed by atoms with E-state index in [2.05, 4.69) is 19.2 Å². The standard InChI is InChI=1S/C15H26N2OS/c1-4-6-12-13(10-16-9-5-2)19-15(17-12)14(18-3)11-7-8-11/h11,14,16H,4-10H2,1-3H3. The molecule has 1 fully saturated rings. The zero-order valence-electron chi connectivity index (χ0n) is 12.4. The quantitative estimate of drug-likeness (QED) is 0.701. The fourth-order valence-electron chi connectivity index (χ4n) is 2.37. The molecule has 1 aliphatic rings. The average Bonchev–Trinajstić information content (AvgIpc) is 3.15. The van der Waals surface area contributed by atoms with Crippen molar-refractivity contribution in [1.29, 1.82) is 0 Å². The molecular formula is C15H26N2OS. The van der Waals surface area contributed by atoms with Gasteiger partial charge >= 0.3 is 0 Å². The molecule has 1 aromatic rings. The van der Waals surface area contributed by atoms with Crippen molar-refractivity contribution >= 4 is 11.3 Å². The summed E-state index contributed by atoms with van der Waals surface area (Å²) < 4.78 is 5.66. The molecule has 0 saturated heterocycles. The largest absolute Gasteiger partial charge is 0.374 e. The van der Waals surface area contributed by atoms with Gasteiger partial charge in [0.15, 0.2) is 0 Å². The van der Waals surface area contributed by atoms with Gasteiger partial charge in [0.05, 0.1) is 5.69 Å². The summed E-state index contributed by atoms with van der Waals surface area (Å²) in [6, 6.07) is 0. The number of ether oxygens (including phenoxy) is 1. The number of rotatable bonds is 9. The van der Waals surface area contributed by atoms with Crippen LogP contribution >= 0.6 is 11.3 Å². The van der Waals surface area contributed by atoms with Crippen LogP contribution in [0.15, 0.2) is 0 Å². The van der Waals surface area contributed by atoms with Gasteiger partial charge in [-0.2, -0.15) is 0 Å². The number of methoxy groups -OCH3 is 1. The summed E-state index contributed by atoms with van der Waals surface area (Å²) in [7, 11) is 1.82. The predicted molar refractivity (Wildman–Crippen MR) is 80.6 cm³/mol. The molecule has 0 spiro atoms. The Morgan fingerprint density at radius 1 is 1.37 bits per heavy atom. The van der Waals surface area contributed by atoms with Crippen LogP contribution in [0.2, 0.25) is 0 Å². The Labute approximate surface area is 120 Å². The zero-order valence-corrected chi connectivity index (χ0v) is 13.2. The van der Waals surface area contributed by atoms with Crippen LogP contribution < -0.4 is 5.32 Å². The molecule has 1 unspecified atom stereocenters. The van der Waals surface area contributed by atoms with Gasteiger partial charge in [-0.1, -0.05) is 20.3 Å². The van der Waals surface area contributed by atoms with Crippen LogP contribution in [0.25, 0.3) is 0 Å². The van der Waals surface area contributed by atoms with Crippen LogP contribution in [0.4, 0.5) is 0 Å². The Bertz CT molecular complexity index is 387. The van der Waals surface area contributed by atoms with Gasteiger partial charge in [-0.3, -0.25) is 0 Å². The molecule has 1 saturated carbocycles.